The van der Waals surface area contributed by atoms with Crippen molar-refractivity contribution in [1.82, 2.24) is 10.9 Å². The van der Waals surface area contributed by atoms with Crippen LogP contribution in [0.15, 0.2) is 79.7 Å². The zero-order chi connectivity index (χ0) is 28.8. The second-order valence-electron chi connectivity index (χ2n) is 7.64. The molecule has 40 heavy (non-hydrogen) atoms. The number of hydrogen-bond donors (Lipinski definition) is 2. The number of hydrazone groups is 2. The first kappa shape index (κ1) is 27.7. The third-order valence-corrected chi connectivity index (χ3v) is 5.69. The van der Waals surface area contributed by atoms with Crippen LogP contribution in [0.4, 0.5) is 11.4 Å². The summed E-state index contributed by atoms with van der Waals surface area (Å²) in [4.78, 5) is 44.7. The molecule has 202 valence electrons. The number of nitrogens with zero attached hydrogens (tertiary/aromatic N) is 4. The Labute approximate surface area is 233 Å². The van der Waals surface area contributed by atoms with Gasteiger partial charge in [-0.05, 0) is 36.4 Å². The molecule has 2 aromatic carbocycles. The maximum Gasteiger partial charge on any atom is 0.331 e. The minimum absolute atomic E-state index is 0.161. The molecule has 0 bridgehead atoms. The number of carbonyl (C=O) groups excluding carboxylic acids is 2. The smallest absolute Gasteiger partial charge is 0.331 e. The van der Waals surface area contributed by atoms with Crippen molar-refractivity contribution < 1.29 is 28.3 Å². The number of carbonyl (C=O) groups is 2. The molecule has 0 radical (unpaired) electrons. The molecule has 0 aliphatic rings. The molecule has 0 aliphatic carbocycles. The van der Waals surface area contributed by atoms with Gasteiger partial charge in [0.05, 0.1) is 32.3 Å². The number of rotatable bonds is 8. The first-order valence-corrected chi connectivity index (χ1v) is 11.6. The Hall–Kier alpha value is -5.34. The van der Waals surface area contributed by atoms with Crippen molar-refractivity contribution in [3.8, 4) is 22.6 Å². The molecule has 2 amide bonds. The minimum Gasteiger partial charge on any atom is -0.455 e. The van der Waals surface area contributed by atoms with Gasteiger partial charge < -0.3 is 8.83 Å². The summed E-state index contributed by atoms with van der Waals surface area (Å²) in [5, 5.41) is 29.7. The van der Waals surface area contributed by atoms with Crippen molar-refractivity contribution in [3.05, 3.63) is 102 Å². The number of amides is 2. The Morgan fingerprint density at radius 3 is 1.48 bits per heavy atom. The van der Waals surface area contributed by atoms with E-state index in [9.17, 15) is 29.8 Å². The van der Waals surface area contributed by atoms with Gasteiger partial charge in [-0.3, -0.25) is 29.8 Å². The van der Waals surface area contributed by atoms with Crippen LogP contribution in [-0.2, 0) is 9.59 Å². The standard InChI is InChI=1S/C24H14Cl2N6O8/c25-19-5-1-13(31(35)36)9-17(19)21-7-3-15(39-21)11-27-29-23(33)24(34)30-28-12-16-4-8-22(40-16)18-10-14(32(37)38)2-6-20(18)26/h1-12H,(H,29,33)(H,30,34). The number of non-ortho nitro benzene ring substituents is 2. The molecule has 0 fully saturated rings. The van der Waals surface area contributed by atoms with Crippen molar-refractivity contribution in [2.45, 2.75) is 0 Å². The monoisotopic (exact) mass is 584 g/mol. The second kappa shape index (κ2) is 12.0. The van der Waals surface area contributed by atoms with Gasteiger partial charge in [0.1, 0.15) is 23.0 Å². The van der Waals surface area contributed by atoms with Crippen LogP contribution in [0.2, 0.25) is 10.0 Å². The average Bonchev–Trinajstić information content (AvgIpc) is 3.59. The van der Waals surface area contributed by atoms with E-state index in [0.717, 1.165) is 12.4 Å². The van der Waals surface area contributed by atoms with E-state index in [1.807, 2.05) is 10.9 Å². The molecule has 2 aromatic heterocycles. The van der Waals surface area contributed by atoms with Crippen molar-refractivity contribution >= 4 is 58.8 Å². The lowest BCUT2D eigenvalue weighted by Crippen LogP contribution is -2.35. The number of nitro groups is 2. The highest BCUT2D eigenvalue weighted by atomic mass is 35.5. The summed E-state index contributed by atoms with van der Waals surface area (Å²) < 4.78 is 11.0. The van der Waals surface area contributed by atoms with Gasteiger partial charge in [-0.25, -0.2) is 10.9 Å². The zero-order valence-electron chi connectivity index (χ0n) is 19.7. The third-order valence-electron chi connectivity index (χ3n) is 5.03. The lowest BCUT2D eigenvalue weighted by atomic mass is 10.1. The van der Waals surface area contributed by atoms with Gasteiger partial charge >= 0.3 is 11.8 Å². The molecular formula is C24H14Cl2N6O8. The number of nitro benzene ring substituents is 2. The predicted molar refractivity (Wildman–Crippen MR) is 143 cm³/mol. The zero-order valence-corrected chi connectivity index (χ0v) is 21.3. The fourth-order valence-corrected chi connectivity index (χ4v) is 3.60. The molecule has 0 saturated heterocycles. The maximum atomic E-state index is 11.9. The molecule has 0 saturated carbocycles. The van der Waals surface area contributed by atoms with Crippen LogP contribution >= 0.6 is 23.2 Å². The number of benzene rings is 2. The highest BCUT2D eigenvalue weighted by molar-refractivity contribution is 6.35. The van der Waals surface area contributed by atoms with E-state index in [2.05, 4.69) is 10.2 Å². The van der Waals surface area contributed by atoms with Crippen LogP contribution in [0.3, 0.4) is 0 Å². The lowest BCUT2D eigenvalue weighted by molar-refractivity contribution is -0.385. The van der Waals surface area contributed by atoms with Gasteiger partial charge in [0, 0.05) is 35.4 Å². The minimum atomic E-state index is -1.15. The SMILES string of the molecule is O=C(NN=Cc1ccc(-c2cc([N+](=O)[O-])ccc2Cl)o1)C(=O)NN=Cc1ccc(-c2cc([N+](=O)[O-])ccc2Cl)o1. The number of nitrogens with one attached hydrogen (secondary N) is 2. The van der Waals surface area contributed by atoms with Crippen LogP contribution in [0, 0.1) is 20.2 Å². The molecular weight excluding hydrogens is 571 g/mol. The highest BCUT2D eigenvalue weighted by Gasteiger charge is 2.16. The Morgan fingerprint density at radius 1 is 0.700 bits per heavy atom. The largest absolute Gasteiger partial charge is 0.455 e. The van der Waals surface area contributed by atoms with E-state index >= 15 is 0 Å². The number of hydrogen-bond acceptors (Lipinski definition) is 10. The summed E-state index contributed by atoms with van der Waals surface area (Å²) in [7, 11) is 0. The summed E-state index contributed by atoms with van der Waals surface area (Å²) >= 11 is 12.2. The van der Waals surface area contributed by atoms with Gasteiger partial charge in [0.15, 0.2) is 0 Å². The molecule has 0 atom stereocenters. The van der Waals surface area contributed by atoms with Crippen LogP contribution in [0.25, 0.3) is 22.6 Å². The van der Waals surface area contributed by atoms with Crippen molar-refractivity contribution in [2.75, 3.05) is 0 Å². The van der Waals surface area contributed by atoms with Gasteiger partial charge in [-0.2, -0.15) is 10.2 Å². The molecule has 0 spiro atoms. The molecule has 4 rings (SSSR count). The van der Waals surface area contributed by atoms with Gasteiger partial charge in [-0.1, -0.05) is 23.2 Å². The van der Waals surface area contributed by atoms with E-state index in [0.29, 0.717) is 0 Å². The summed E-state index contributed by atoms with van der Waals surface area (Å²) in [5.41, 5.74) is 4.19. The lowest BCUT2D eigenvalue weighted by Gasteiger charge is -2.00. The molecule has 0 aliphatic heterocycles. The molecule has 4 aromatic rings. The highest BCUT2D eigenvalue weighted by Crippen LogP contribution is 2.33. The van der Waals surface area contributed by atoms with Crippen molar-refractivity contribution in [1.29, 1.82) is 0 Å². The summed E-state index contributed by atoms with van der Waals surface area (Å²) in [5.74, 6) is -1.52. The van der Waals surface area contributed by atoms with Crippen LogP contribution in [-0.4, -0.2) is 34.1 Å². The fourth-order valence-electron chi connectivity index (χ4n) is 3.18. The van der Waals surface area contributed by atoms with E-state index in [-0.39, 0.29) is 55.6 Å². The second-order valence-corrected chi connectivity index (χ2v) is 8.46. The molecule has 16 heteroatoms. The average molecular weight is 585 g/mol. The topological polar surface area (TPSA) is 195 Å². The summed E-state index contributed by atoms with van der Waals surface area (Å²) in [6.45, 7) is 0. The normalized spacial score (nSPS) is 11.2. The van der Waals surface area contributed by atoms with Crippen molar-refractivity contribution in [2.24, 2.45) is 10.2 Å². The summed E-state index contributed by atoms with van der Waals surface area (Å²) in [6, 6.07) is 13.7. The molecule has 2 heterocycles. The Balaban J connectivity index is 1.32. The van der Waals surface area contributed by atoms with Gasteiger partial charge in [-0.15, -0.1) is 0 Å². The summed E-state index contributed by atoms with van der Waals surface area (Å²) in [6.07, 6.45) is 2.21. The first-order chi connectivity index (χ1) is 19.1. The van der Waals surface area contributed by atoms with E-state index < -0.39 is 21.7 Å². The first-order valence-electron chi connectivity index (χ1n) is 10.9. The Bertz CT molecular complexity index is 1570. The Kier molecular flexibility index (Phi) is 8.32. The predicted octanol–water partition coefficient (Wildman–Crippen LogP) is 4.93. The maximum absolute atomic E-state index is 11.9. The van der Waals surface area contributed by atoms with E-state index in [1.54, 1.807) is 0 Å². The van der Waals surface area contributed by atoms with Crippen LogP contribution < -0.4 is 10.9 Å². The molecule has 2 N–H and O–H groups in total. The van der Waals surface area contributed by atoms with Crippen molar-refractivity contribution in [3.63, 3.8) is 0 Å². The van der Waals surface area contributed by atoms with Crippen LogP contribution in [0.5, 0.6) is 0 Å². The quantitative estimate of drug-likeness (QED) is 0.126. The number of furan rings is 2. The van der Waals surface area contributed by atoms with E-state index in [4.69, 9.17) is 32.0 Å². The van der Waals surface area contributed by atoms with Crippen LogP contribution in [0.1, 0.15) is 11.5 Å². The molecule has 14 nitrogen and oxygen atoms in total. The fraction of sp³-hybridized carbons (Fsp3) is 0. The van der Waals surface area contributed by atoms with Gasteiger partial charge in [0.2, 0.25) is 0 Å². The third kappa shape index (κ3) is 6.56. The number of halogens is 2. The van der Waals surface area contributed by atoms with Gasteiger partial charge in [0.25, 0.3) is 11.4 Å². The molecule has 0 unspecified atom stereocenters. The van der Waals surface area contributed by atoms with E-state index in [1.165, 1.54) is 60.7 Å². The Morgan fingerprint density at radius 2 is 1.10 bits per heavy atom.